The van der Waals surface area contributed by atoms with Crippen molar-refractivity contribution in [2.45, 2.75) is 77.9 Å². The molecule has 4 aliphatic carbocycles. The molecule has 0 aliphatic heterocycles. The maximum Gasteiger partial charge on any atom is 0.302 e. The van der Waals surface area contributed by atoms with Crippen molar-refractivity contribution in [3.05, 3.63) is 11.6 Å². The highest BCUT2D eigenvalue weighted by atomic mass is 16.5. The number of carbonyl (C=O) groups is 2. The van der Waals surface area contributed by atoms with Gasteiger partial charge in [0.25, 0.3) is 0 Å². The zero-order valence-corrected chi connectivity index (χ0v) is 16.5. The van der Waals surface area contributed by atoms with Crippen LogP contribution in [0.5, 0.6) is 0 Å². The number of methoxy groups -OCH3 is 1. The smallest absolute Gasteiger partial charge is 0.302 e. The highest BCUT2D eigenvalue weighted by Gasteiger charge is 2.61. The Kier molecular flexibility index (Phi) is 4.33. The summed E-state index contributed by atoms with van der Waals surface area (Å²) in [5.41, 5.74) is 1.42. The van der Waals surface area contributed by atoms with Gasteiger partial charge in [-0.25, -0.2) is 0 Å². The third-order valence-corrected chi connectivity index (χ3v) is 8.38. The van der Waals surface area contributed by atoms with E-state index in [2.05, 4.69) is 19.9 Å². The minimum absolute atomic E-state index is 0.00259. The summed E-state index contributed by atoms with van der Waals surface area (Å²) in [7, 11) is 1.80. The van der Waals surface area contributed by atoms with Crippen LogP contribution < -0.4 is 0 Å². The van der Waals surface area contributed by atoms with Crippen molar-refractivity contribution in [1.29, 1.82) is 0 Å². The molecule has 0 N–H and O–H groups in total. The van der Waals surface area contributed by atoms with Crippen LogP contribution in [0.4, 0.5) is 0 Å². The van der Waals surface area contributed by atoms with E-state index in [-0.39, 0.29) is 29.0 Å². The van der Waals surface area contributed by atoms with Crippen LogP contribution in [0.2, 0.25) is 0 Å². The molecule has 0 spiro atoms. The molecule has 4 unspecified atom stereocenters. The molecule has 0 bridgehead atoms. The molecule has 0 radical (unpaired) electrons. The Labute approximate surface area is 156 Å². The van der Waals surface area contributed by atoms with E-state index in [4.69, 9.17) is 9.47 Å². The number of esters is 1. The Morgan fingerprint density at radius 3 is 2.50 bits per heavy atom. The van der Waals surface area contributed by atoms with Gasteiger partial charge < -0.3 is 9.47 Å². The second kappa shape index (κ2) is 6.19. The molecule has 26 heavy (non-hydrogen) atoms. The van der Waals surface area contributed by atoms with Crippen LogP contribution in [-0.4, -0.2) is 31.1 Å². The average Bonchev–Trinajstić information content (AvgIpc) is 2.89. The van der Waals surface area contributed by atoms with Gasteiger partial charge >= 0.3 is 5.97 Å². The Balaban J connectivity index is 1.68. The lowest BCUT2D eigenvalue weighted by molar-refractivity contribution is -0.149. The summed E-state index contributed by atoms with van der Waals surface area (Å²) in [4.78, 5) is 24.0. The third kappa shape index (κ3) is 2.51. The second-order valence-corrected chi connectivity index (χ2v) is 9.49. The van der Waals surface area contributed by atoms with Crippen molar-refractivity contribution in [3.63, 3.8) is 0 Å². The number of ether oxygens (including phenoxy) is 2. The summed E-state index contributed by atoms with van der Waals surface area (Å²) in [5.74, 6) is 1.72. The molecule has 4 rings (SSSR count). The Morgan fingerprint density at radius 2 is 1.81 bits per heavy atom. The molecule has 0 heterocycles. The van der Waals surface area contributed by atoms with Gasteiger partial charge in [-0.3, -0.25) is 9.59 Å². The summed E-state index contributed by atoms with van der Waals surface area (Å²) in [6.45, 7) is 6.11. The first kappa shape index (κ1) is 18.2. The molecule has 3 fully saturated rings. The van der Waals surface area contributed by atoms with Crippen LogP contribution in [0.1, 0.15) is 65.7 Å². The van der Waals surface area contributed by atoms with Crippen molar-refractivity contribution >= 4 is 11.8 Å². The van der Waals surface area contributed by atoms with Gasteiger partial charge in [0.15, 0.2) is 0 Å². The van der Waals surface area contributed by atoms with Crippen LogP contribution in [0.15, 0.2) is 11.6 Å². The largest absolute Gasteiger partial charge is 0.462 e. The SMILES string of the molecule is COC1C=C2C[C@@H](OC(C)=O)CC[C@]2(C)C2CC[C@]3(C)C(=O)CCC3C12. The summed E-state index contributed by atoms with van der Waals surface area (Å²) in [6, 6.07) is 0. The lowest BCUT2D eigenvalue weighted by atomic mass is 9.47. The summed E-state index contributed by atoms with van der Waals surface area (Å²) in [6.07, 6.45) is 9.12. The van der Waals surface area contributed by atoms with Gasteiger partial charge in [-0.15, -0.1) is 0 Å². The van der Waals surface area contributed by atoms with Crippen LogP contribution in [0.3, 0.4) is 0 Å². The van der Waals surface area contributed by atoms with E-state index < -0.39 is 0 Å². The standard InChI is InChI=1S/C22H32O4/c1-13(23)26-15-7-9-21(2)14(11-15)12-18(25-4)20-16-5-6-19(24)22(16,3)10-8-17(20)21/h12,15-18,20H,5-11H2,1-4H3/t15-,16?,17?,18?,20?,21-,22-/m0/s1. The van der Waals surface area contributed by atoms with E-state index >= 15 is 0 Å². The van der Waals surface area contributed by atoms with Gasteiger partial charge in [0.1, 0.15) is 11.9 Å². The van der Waals surface area contributed by atoms with Crippen LogP contribution >= 0.6 is 0 Å². The quantitative estimate of drug-likeness (QED) is 0.550. The maximum atomic E-state index is 12.6. The molecule has 4 nitrogen and oxygen atoms in total. The zero-order valence-electron chi connectivity index (χ0n) is 16.5. The lowest BCUT2D eigenvalue weighted by Gasteiger charge is -2.58. The molecule has 0 aromatic heterocycles. The topological polar surface area (TPSA) is 52.6 Å². The van der Waals surface area contributed by atoms with Crippen molar-refractivity contribution in [2.75, 3.05) is 7.11 Å². The lowest BCUT2D eigenvalue weighted by Crippen LogP contribution is -2.55. The van der Waals surface area contributed by atoms with Crippen LogP contribution in [-0.2, 0) is 19.1 Å². The fourth-order valence-corrected chi connectivity index (χ4v) is 6.92. The molecule has 4 aliphatic rings. The molecular weight excluding hydrogens is 328 g/mol. The minimum Gasteiger partial charge on any atom is -0.462 e. The predicted molar refractivity (Wildman–Crippen MR) is 98.4 cm³/mol. The van der Waals surface area contributed by atoms with Crippen LogP contribution in [0, 0.1) is 28.6 Å². The number of fused-ring (bicyclic) bond motifs is 5. The van der Waals surface area contributed by atoms with Crippen molar-refractivity contribution < 1.29 is 19.1 Å². The van der Waals surface area contributed by atoms with Gasteiger partial charge in [-0.1, -0.05) is 25.5 Å². The molecular formula is C22H32O4. The molecule has 144 valence electrons. The first-order valence-corrected chi connectivity index (χ1v) is 10.2. The van der Waals surface area contributed by atoms with E-state index in [1.165, 1.54) is 12.5 Å². The Bertz CT molecular complexity index is 653. The summed E-state index contributed by atoms with van der Waals surface area (Å²) >= 11 is 0. The number of ketones is 1. The Morgan fingerprint density at radius 1 is 1.12 bits per heavy atom. The number of hydrogen-bond donors (Lipinski definition) is 0. The van der Waals surface area contributed by atoms with Crippen molar-refractivity contribution in [1.82, 2.24) is 0 Å². The van der Waals surface area contributed by atoms with E-state index in [0.717, 1.165) is 44.9 Å². The summed E-state index contributed by atoms with van der Waals surface area (Å²) < 4.78 is 11.5. The van der Waals surface area contributed by atoms with Gasteiger partial charge in [0.05, 0.1) is 6.10 Å². The fourth-order valence-electron chi connectivity index (χ4n) is 6.92. The van der Waals surface area contributed by atoms with E-state index in [1.807, 2.05) is 0 Å². The first-order valence-electron chi connectivity index (χ1n) is 10.2. The van der Waals surface area contributed by atoms with Crippen LogP contribution in [0.25, 0.3) is 0 Å². The highest BCUT2D eigenvalue weighted by molar-refractivity contribution is 5.87. The molecule has 0 saturated heterocycles. The van der Waals surface area contributed by atoms with E-state index in [1.54, 1.807) is 7.11 Å². The number of Topliss-reactive ketones (excluding diaryl/α,β-unsaturated/α-hetero) is 1. The molecule has 0 aromatic rings. The van der Waals surface area contributed by atoms with E-state index in [9.17, 15) is 9.59 Å². The first-order chi connectivity index (χ1) is 12.3. The molecule has 4 heteroatoms. The molecule has 0 amide bonds. The number of rotatable bonds is 2. The van der Waals surface area contributed by atoms with Gasteiger partial charge in [-0.2, -0.15) is 0 Å². The maximum absolute atomic E-state index is 12.6. The molecule has 7 atom stereocenters. The zero-order chi connectivity index (χ0) is 18.7. The fraction of sp³-hybridized carbons (Fsp3) is 0.818. The molecule has 3 saturated carbocycles. The third-order valence-electron chi connectivity index (χ3n) is 8.38. The predicted octanol–water partition coefficient (Wildman–Crippen LogP) is 4.07. The monoisotopic (exact) mass is 360 g/mol. The minimum atomic E-state index is -0.186. The number of hydrogen-bond acceptors (Lipinski definition) is 4. The normalized spacial score (nSPS) is 47.5. The van der Waals surface area contributed by atoms with Gasteiger partial charge in [0.2, 0.25) is 0 Å². The number of carbonyl (C=O) groups excluding carboxylic acids is 2. The second-order valence-electron chi connectivity index (χ2n) is 9.49. The van der Waals surface area contributed by atoms with Crippen molar-refractivity contribution in [3.8, 4) is 0 Å². The average molecular weight is 360 g/mol. The van der Waals surface area contributed by atoms with Crippen molar-refractivity contribution in [2.24, 2.45) is 28.6 Å². The molecule has 0 aromatic carbocycles. The van der Waals surface area contributed by atoms with Gasteiger partial charge in [-0.05, 0) is 55.3 Å². The summed E-state index contributed by atoms with van der Waals surface area (Å²) in [5, 5.41) is 0. The van der Waals surface area contributed by atoms with Gasteiger partial charge in [0, 0.05) is 32.3 Å². The Hall–Kier alpha value is -1.16. The highest BCUT2D eigenvalue weighted by Crippen LogP contribution is 2.64. The van der Waals surface area contributed by atoms with E-state index in [0.29, 0.717) is 23.5 Å².